The third kappa shape index (κ3) is 5.19. The fourth-order valence-corrected chi connectivity index (χ4v) is 3.89. The van der Waals surface area contributed by atoms with Gasteiger partial charge in [-0.05, 0) is 38.4 Å². The van der Waals surface area contributed by atoms with E-state index in [2.05, 4.69) is 10.6 Å². The predicted molar refractivity (Wildman–Crippen MR) is 84.6 cm³/mol. The Morgan fingerprint density at radius 2 is 1.82 bits per heavy atom. The van der Waals surface area contributed by atoms with Crippen molar-refractivity contribution in [3.63, 3.8) is 0 Å². The van der Waals surface area contributed by atoms with Crippen LogP contribution in [0.4, 0.5) is 4.79 Å². The molecule has 0 bridgehead atoms. The molecule has 1 aliphatic carbocycles. The average molecular weight is 328 g/mol. The Balaban J connectivity index is 1.70. The monoisotopic (exact) mass is 328 g/mol. The molecule has 2 unspecified atom stereocenters. The summed E-state index contributed by atoms with van der Waals surface area (Å²) in [5, 5.41) is 4.87. The van der Waals surface area contributed by atoms with Crippen molar-refractivity contribution in [3.05, 3.63) is 0 Å². The lowest BCUT2D eigenvalue weighted by Gasteiger charge is -2.23. The predicted octanol–water partition coefficient (Wildman–Crippen LogP) is 1.97. The first kappa shape index (κ1) is 17.1. The zero-order valence-corrected chi connectivity index (χ0v) is 13.7. The van der Waals surface area contributed by atoms with Gasteiger partial charge in [-0.3, -0.25) is 14.9 Å². The summed E-state index contributed by atoms with van der Waals surface area (Å²) >= 11 is 1.56. The number of nitrogens with one attached hydrogen (secondary N) is 2. The minimum atomic E-state index is -0.953. The molecule has 2 atom stereocenters. The lowest BCUT2D eigenvalue weighted by molar-refractivity contribution is -0.153. The van der Waals surface area contributed by atoms with Gasteiger partial charge < -0.3 is 10.1 Å². The number of hydrogen-bond acceptors (Lipinski definition) is 5. The van der Waals surface area contributed by atoms with Crippen molar-refractivity contribution < 1.29 is 19.1 Å². The molecular formula is C15H24N2O4S. The maximum atomic E-state index is 11.9. The number of esters is 1. The molecule has 0 radical (unpaired) electrons. The van der Waals surface area contributed by atoms with Crippen LogP contribution >= 0.6 is 11.8 Å². The van der Waals surface area contributed by atoms with Crippen LogP contribution in [0, 0.1) is 0 Å². The number of thioether (sulfide) groups is 1. The topological polar surface area (TPSA) is 84.5 Å². The summed E-state index contributed by atoms with van der Waals surface area (Å²) in [7, 11) is 0. The summed E-state index contributed by atoms with van der Waals surface area (Å²) in [5.74, 6) is 0.00642. The summed E-state index contributed by atoms with van der Waals surface area (Å²) in [6, 6.07) is -0.371. The number of ether oxygens (including phenoxy) is 1. The normalized spacial score (nSPS) is 23.6. The first-order valence-corrected chi connectivity index (χ1v) is 9.04. The van der Waals surface area contributed by atoms with Crippen LogP contribution in [-0.4, -0.2) is 41.1 Å². The molecule has 2 fully saturated rings. The van der Waals surface area contributed by atoms with Crippen LogP contribution in [0.5, 0.6) is 0 Å². The van der Waals surface area contributed by atoms with Crippen molar-refractivity contribution >= 4 is 29.7 Å². The molecule has 2 aliphatic rings. The van der Waals surface area contributed by atoms with Crippen molar-refractivity contribution in [2.24, 2.45) is 0 Å². The Bertz CT molecular complexity index is 418. The van der Waals surface area contributed by atoms with Crippen LogP contribution in [-0.2, 0) is 14.3 Å². The molecule has 124 valence electrons. The van der Waals surface area contributed by atoms with Gasteiger partial charge in [-0.25, -0.2) is 4.79 Å². The van der Waals surface area contributed by atoms with Crippen LogP contribution in [0.2, 0.25) is 0 Å². The molecule has 3 amide bonds. The second-order valence-corrected chi connectivity index (χ2v) is 7.19. The highest BCUT2D eigenvalue weighted by molar-refractivity contribution is 8.00. The standard InChI is InChI=1S/C15H24N2O4S/c1-10(21-14(19)12-8-5-9-22-12)13(18)17-15(20)16-11-6-3-2-4-7-11/h10-12H,2-9H2,1H3,(H2,16,17,18,20). The molecule has 0 aromatic heterocycles. The zero-order valence-electron chi connectivity index (χ0n) is 12.9. The van der Waals surface area contributed by atoms with Crippen LogP contribution < -0.4 is 10.6 Å². The van der Waals surface area contributed by atoms with Gasteiger partial charge in [-0.1, -0.05) is 19.3 Å². The van der Waals surface area contributed by atoms with E-state index in [0.29, 0.717) is 0 Å². The number of amides is 3. The van der Waals surface area contributed by atoms with E-state index in [4.69, 9.17) is 4.74 Å². The third-order valence-corrected chi connectivity index (χ3v) is 5.39. The number of hydrogen-bond donors (Lipinski definition) is 2. The van der Waals surface area contributed by atoms with Gasteiger partial charge in [0.15, 0.2) is 6.10 Å². The van der Waals surface area contributed by atoms with Gasteiger partial charge in [-0.15, -0.1) is 11.8 Å². The number of carbonyl (C=O) groups is 3. The van der Waals surface area contributed by atoms with Gasteiger partial charge in [0.05, 0.1) is 0 Å². The van der Waals surface area contributed by atoms with E-state index in [1.165, 1.54) is 13.3 Å². The highest BCUT2D eigenvalue weighted by Crippen LogP contribution is 2.27. The molecule has 1 aliphatic heterocycles. The Labute approximate surface area is 135 Å². The highest BCUT2D eigenvalue weighted by Gasteiger charge is 2.28. The fourth-order valence-electron chi connectivity index (χ4n) is 2.75. The van der Waals surface area contributed by atoms with E-state index >= 15 is 0 Å². The van der Waals surface area contributed by atoms with E-state index in [1.807, 2.05) is 0 Å². The van der Waals surface area contributed by atoms with Crippen LogP contribution in [0.15, 0.2) is 0 Å². The first-order chi connectivity index (χ1) is 10.6. The quantitative estimate of drug-likeness (QED) is 0.771. The van der Waals surface area contributed by atoms with Gasteiger partial charge in [0.2, 0.25) is 0 Å². The van der Waals surface area contributed by atoms with Crippen molar-refractivity contribution in [1.82, 2.24) is 10.6 Å². The number of carbonyl (C=O) groups excluding carboxylic acids is 3. The smallest absolute Gasteiger partial charge is 0.321 e. The molecule has 0 aromatic rings. The van der Waals surface area contributed by atoms with Crippen molar-refractivity contribution in [2.75, 3.05) is 5.75 Å². The summed E-state index contributed by atoms with van der Waals surface area (Å²) in [5.41, 5.74) is 0. The third-order valence-electron chi connectivity index (χ3n) is 4.03. The zero-order chi connectivity index (χ0) is 15.9. The Morgan fingerprint density at radius 3 is 2.45 bits per heavy atom. The van der Waals surface area contributed by atoms with E-state index in [1.54, 1.807) is 11.8 Å². The minimum absolute atomic E-state index is 0.134. The maximum absolute atomic E-state index is 11.9. The average Bonchev–Trinajstić information content (AvgIpc) is 3.02. The minimum Gasteiger partial charge on any atom is -0.452 e. The van der Waals surface area contributed by atoms with Crippen molar-refractivity contribution in [1.29, 1.82) is 0 Å². The molecule has 0 aromatic carbocycles. The molecular weight excluding hydrogens is 304 g/mol. The first-order valence-electron chi connectivity index (χ1n) is 7.99. The molecule has 1 saturated heterocycles. The lowest BCUT2D eigenvalue weighted by Crippen LogP contribution is -2.48. The Kier molecular flexibility index (Phi) is 6.54. The largest absolute Gasteiger partial charge is 0.452 e. The maximum Gasteiger partial charge on any atom is 0.321 e. The summed E-state index contributed by atoms with van der Waals surface area (Å²) in [4.78, 5) is 35.5. The van der Waals surface area contributed by atoms with E-state index in [-0.39, 0.29) is 17.3 Å². The van der Waals surface area contributed by atoms with Crippen LogP contribution in [0.25, 0.3) is 0 Å². The van der Waals surface area contributed by atoms with Gasteiger partial charge in [0.1, 0.15) is 5.25 Å². The summed E-state index contributed by atoms with van der Waals surface area (Å²) in [6.07, 6.45) is 6.14. The highest BCUT2D eigenvalue weighted by atomic mass is 32.2. The molecule has 6 nitrogen and oxygen atoms in total. The second kappa shape index (κ2) is 8.41. The van der Waals surface area contributed by atoms with Gasteiger partial charge in [-0.2, -0.15) is 0 Å². The summed E-state index contributed by atoms with van der Waals surface area (Å²) in [6.45, 7) is 1.49. The lowest BCUT2D eigenvalue weighted by atomic mass is 9.96. The number of imide groups is 1. The Hall–Kier alpha value is -1.24. The second-order valence-electron chi connectivity index (χ2n) is 5.88. The SMILES string of the molecule is CC(OC(=O)C1CCCS1)C(=O)NC(=O)NC1CCCCC1. The van der Waals surface area contributed by atoms with E-state index < -0.39 is 18.0 Å². The van der Waals surface area contributed by atoms with E-state index in [0.717, 1.165) is 44.3 Å². The van der Waals surface area contributed by atoms with Gasteiger partial charge in [0, 0.05) is 6.04 Å². The van der Waals surface area contributed by atoms with Crippen molar-refractivity contribution in [2.45, 2.75) is 69.3 Å². The molecule has 22 heavy (non-hydrogen) atoms. The Morgan fingerprint density at radius 1 is 1.09 bits per heavy atom. The molecule has 1 heterocycles. The number of rotatable bonds is 4. The molecule has 2 N–H and O–H groups in total. The van der Waals surface area contributed by atoms with Gasteiger partial charge in [0.25, 0.3) is 5.91 Å². The number of urea groups is 1. The van der Waals surface area contributed by atoms with Crippen LogP contribution in [0.3, 0.4) is 0 Å². The van der Waals surface area contributed by atoms with Crippen molar-refractivity contribution in [3.8, 4) is 0 Å². The molecule has 7 heteroatoms. The van der Waals surface area contributed by atoms with Crippen LogP contribution in [0.1, 0.15) is 51.9 Å². The summed E-state index contributed by atoms with van der Waals surface area (Å²) < 4.78 is 5.14. The molecule has 1 saturated carbocycles. The molecule has 0 spiro atoms. The van der Waals surface area contributed by atoms with Gasteiger partial charge >= 0.3 is 12.0 Å². The fraction of sp³-hybridized carbons (Fsp3) is 0.800. The van der Waals surface area contributed by atoms with E-state index in [9.17, 15) is 14.4 Å². The molecule has 2 rings (SSSR count).